The largest absolute Gasteiger partial charge is 0.497 e. The second kappa shape index (κ2) is 7.02. The molecule has 1 aromatic heterocycles. The van der Waals surface area contributed by atoms with Gasteiger partial charge in [0.1, 0.15) is 5.75 Å². The van der Waals surface area contributed by atoms with Crippen molar-refractivity contribution in [3.63, 3.8) is 0 Å². The highest BCUT2D eigenvalue weighted by molar-refractivity contribution is 5.26. The van der Waals surface area contributed by atoms with Crippen LogP contribution < -0.4 is 10.5 Å². The van der Waals surface area contributed by atoms with Crippen LogP contribution in [0.1, 0.15) is 11.3 Å². The number of nitrogens with two attached hydrogens (primary N) is 1. The van der Waals surface area contributed by atoms with Gasteiger partial charge in [0, 0.05) is 25.8 Å². The van der Waals surface area contributed by atoms with Gasteiger partial charge in [-0.1, -0.05) is 17.3 Å². The van der Waals surface area contributed by atoms with Gasteiger partial charge in [-0.2, -0.15) is 0 Å². The third-order valence-corrected chi connectivity index (χ3v) is 3.12. The Labute approximate surface area is 119 Å². The zero-order valence-electron chi connectivity index (χ0n) is 12.0. The Hall–Kier alpha value is -1.92. The summed E-state index contributed by atoms with van der Waals surface area (Å²) in [5.41, 5.74) is 7.59. The molecule has 2 N–H and O–H groups in total. The molecular formula is C14H21N5O. The molecule has 0 amide bonds. The van der Waals surface area contributed by atoms with Gasteiger partial charge in [0.25, 0.3) is 0 Å². The van der Waals surface area contributed by atoms with Crippen LogP contribution in [0.25, 0.3) is 0 Å². The first-order chi connectivity index (χ1) is 9.71. The fraction of sp³-hybridized carbons (Fsp3) is 0.429. The van der Waals surface area contributed by atoms with E-state index in [1.807, 2.05) is 23.0 Å². The average Bonchev–Trinajstić information content (AvgIpc) is 2.94. The summed E-state index contributed by atoms with van der Waals surface area (Å²) in [5, 5.41) is 8.00. The number of nitrogens with zero attached hydrogens (tertiary/aromatic N) is 4. The summed E-state index contributed by atoms with van der Waals surface area (Å²) >= 11 is 0. The minimum atomic E-state index is 0.432. The van der Waals surface area contributed by atoms with E-state index in [9.17, 15) is 0 Å². The van der Waals surface area contributed by atoms with Crippen LogP contribution in [-0.4, -0.2) is 40.6 Å². The Kier molecular flexibility index (Phi) is 5.09. The standard InChI is InChI=1S/C14H21N5O/c1-18(7-8-19-11-13(9-15)16-17-19)10-12-3-5-14(20-2)6-4-12/h3-6,11H,7-10,15H2,1-2H3. The predicted molar refractivity (Wildman–Crippen MR) is 77.2 cm³/mol. The molecule has 0 saturated heterocycles. The summed E-state index contributed by atoms with van der Waals surface area (Å²) in [6.07, 6.45) is 1.89. The van der Waals surface area contributed by atoms with Crippen molar-refractivity contribution in [2.24, 2.45) is 5.73 Å². The minimum Gasteiger partial charge on any atom is -0.497 e. The Morgan fingerprint density at radius 2 is 2.05 bits per heavy atom. The summed E-state index contributed by atoms with van der Waals surface area (Å²) in [5.74, 6) is 0.883. The molecule has 0 saturated carbocycles. The number of methoxy groups -OCH3 is 1. The van der Waals surface area contributed by atoms with Crippen molar-refractivity contribution in [3.8, 4) is 5.75 Å². The predicted octanol–water partition coefficient (Wildman–Crippen LogP) is 0.877. The highest BCUT2D eigenvalue weighted by Gasteiger charge is 2.03. The van der Waals surface area contributed by atoms with Crippen molar-refractivity contribution in [1.82, 2.24) is 19.9 Å². The summed E-state index contributed by atoms with van der Waals surface area (Å²) in [4.78, 5) is 2.24. The number of ether oxygens (including phenoxy) is 1. The van der Waals surface area contributed by atoms with E-state index in [0.717, 1.165) is 31.1 Å². The quantitative estimate of drug-likeness (QED) is 0.812. The summed E-state index contributed by atoms with van der Waals surface area (Å²) < 4.78 is 6.98. The number of likely N-dealkylation sites (N-methyl/N-ethyl adjacent to an activating group) is 1. The van der Waals surface area contributed by atoms with Crippen molar-refractivity contribution in [2.75, 3.05) is 20.7 Å². The molecular weight excluding hydrogens is 254 g/mol. The van der Waals surface area contributed by atoms with E-state index in [0.29, 0.717) is 6.54 Å². The molecule has 0 aliphatic rings. The van der Waals surface area contributed by atoms with E-state index < -0.39 is 0 Å². The molecule has 1 aromatic carbocycles. The lowest BCUT2D eigenvalue weighted by molar-refractivity contribution is 0.303. The molecule has 1 heterocycles. The zero-order valence-corrected chi connectivity index (χ0v) is 12.0. The van der Waals surface area contributed by atoms with Crippen LogP contribution >= 0.6 is 0 Å². The van der Waals surface area contributed by atoms with Gasteiger partial charge < -0.3 is 15.4 Å². The fourth-order valence-corrected chi connectivity index (χ4v) is 1.94. The van der Waals surface area contributed by atoms with E-state index in [2.05, 4.69) is 34.4 Å². The van der Waals surface area contributed by atoms with E-state index >= 15 is 0 Å². The first kappa shape index (κ1) is 14.5. The SMILES string of the molecule is COc1ccc(CN(C)CCn2cc(CN)nn2)cc1. The molecule has 20 heavy (non-hydrogen) atoms. The maximum atomic E-state index is 5.51. The third kappa shape index (κ3) is 4.04. The molecule has 6 heteroatoms. The highest BCUT2D eigenvalue weighted by Crippen LogP contribution is 2.12. The molecule has 0 atom stereocenters. The van der Waals surface area contributed by atoms with Crippen LogP contribution in [0.4, 0.5) is 0 Å². The Morgan fingerprint density at radius 3 is 2.65 bits per heavy atom. The van der Waals surface area contributed by atoms with Crippen molar-refractivity contribution < 1.29 is 4.74 Å². The van der Waals surface area contributed by atoms with E-state index in [-0.39, 0.29) is 0 Å². The van der Waals surface area contributed by atoms with Gasteiger partial charge in [0.05, 0.1) is 19.3 Å². The number of hydrogen-bond acceptors (Lipinski definition) is 5. The molecule has 108 valence electrons. The van der Waals surface area contributed by atoms with E-state index in [1.165, 1.54) is 5.56 Å². The number of rotatable bonds is 7. The highest BCUT2D eigenvalue weighted by atomic mass is 16.5. The van der Waals surface area contributed by atoms with Crippen molar-refractivity contribution >= 4 is 0 Å². The van der Waals surface area contributed by atoms with Crippen molar-refractivity contribution in [3.05, 3.63) is 41.7 Å². The van der Waals surface area contributed by atoms with Crippen LogP contribution in [0.3, 0.4) is 0 Å². The lowest BCUT2D eigenvalue weighted by Gasteiger charge is -2.16. The second-order valence-corrected chi connectivity index (χ2v) is 4.76. The first-order valence-electron chi connectivity index (χ1n) is 6.62. The molecule has 2 rings (SSSR count). The van der Waals surface area contributed by atoms with Gasteiger partial charge in [-0.15, -0.1) is 5.10 Å². The molecule has 0 aliphatic heterocycles. The van der Waals surface area contributed by atoms with Crippen LogP contribution in [-0.2, 0) is 19.6 Å². The molecule has 6 nitrogen and oxygen atoms in total. The Morgan fingerprint density at radius 1 is 1.30 bits per heavy atom. The average molecular weight is 275 g/mol. The number of benzene rings is 1. The van der Waals surface area contributed by atoms with Crippen LogP contribution in [0, 0.1) is 0 Å². The van der Waals surface area contributed by atoms with Crippen molar-refractivity contribution in [2.45, 2.75) is 19.6 Å². The van der Waals surface area contributed by atoms with Crippen LogP contribution in [0.2, 0.25) is 0 Å². The van der Waals surface area contributed by atoms with Gasteiger partial charge in [-0.05, 0) is 24.7 Å². The molecule has 0 unspecified atom stereocenters. The van der Waals surface area contributed by atoms with Crippen LogP contribution in [0.15, 0.2) is 30.5 Å². The van der Waals surface area contributed by atoms with Gasteiger partial charge in [0.15, 0.2) is 0 Å². The molecule has 0 bridgehead atoms. The van der Waals surface area contributed by atoms with Gasteiger partial charge in [-0.3, -0.25) is 4.68 Å². The lowest BCUT2D eigenvalue weighted by atomic mass is 10.2. The monoisotopic (exact) mass is 275 g/mol. The van der Waals surface area contributed by atoms with Gasteiger partial charge in [0.2, 0.25) is 0 Å². The van der Waals surface area contributed by atoms with E-state index in [1.54, 1.807) is 7.11 Å². The first-order valence-corrected chi connectivity index (χ1v) is 6.62. The fourth-order valence-electron chi connectivity index (χ4n) is 1.94. The van der Waals surface area contributed by atoms with Crippen molar-refractivity contribution in [1.29, 1.82) is 0 Å². The summed E-state index contributed by atoms with van der Waals surface area (Å²) in [7, 11) is 3.76. The zero-order chi connectivity index (χ0) is 14.4. The third-order valence-electron chi connectivity index (χ3n) is 3.12. The topological polar surface area (TPSA) is 69.2 Å². The molecule has 0 radical (unpaired) electrons. The molecule has 2 aromatic rings. The Balaban J connectivity index is 1.80. The smallest absolute Gasteiger partial charge is 0.118 e. The summed E-state index contributed by atoms with van der Waals surface area (Å²) in [6, 6.07) is 8.12. The van der Waals surface area contributed by atoms with Crippen LogP contribution in [0.5, 0.6) is 5.75 Å². The number of hydrogen-bond donors (Lipinski definition) is 1. The van der Waals surface area contributed by atoms with Gasteiger partial charge >= 0.3 is 0 Å². The molecule has 0 fully saturated rings. The second-order valence-electron chi connectivity index (χ2n) is 4.76. The maximum Gasteiger partial charge on any atom is 0.118 e. The molecule has 0 aliphatic carbocycles. The normalized spacial score (nSPS) is 11.0. The van der Waals surface area contributed by atoms with E-state index in [4.69, 9.17) is 10.5 Å². The molecule has 0 spiro atoms. The Bertz CT molecular complexity index is 523. The maximum absolute atomic E-state index is 5.51. The summed E-state index contributed by atoms with van der Waals surface area (Å²) in [6.45, 7) is 3.03. The van der Waals surface area contributed by atoms with Gasteiger partial charge in [-0.25, -0.2) is 0 Å². The number of aromatic nitrogens is 3. The lowest BCUT2D eigenvalue weighted by Crippen LogP contribution is -2.23. The minimum absolute atomic E-state index is 0.432.